The van der Waals surface area contributed by atoms with Gasteiger partial charge in [0.1, 0.15) is 0 Å². The first-order chi connectivity index (χ1) is 7.83. The predicted octanol–water partition coefficient (Wildman–Crippen LogP) is 2.76. The Bertz CT molecular complexity index is 369. The summed E-state index contributed by atoms with van der Waals surface area (Å²) in [4.78, 5) is 0. The number of aliphatic hydroxyl groups is 1. The van der Waals surface area contributed by atoms with Gasteiger partial charge in [-0.05, 0) is 44.4 Å². The second-order valence-corrected chi connectivity index (χ2v) is 5.62. The maximum absolute atomic E-state index is 10.5. The zero-order valence-electron chi connectivity index (χ0n) is 11.7. The van der Waals surface area contributed by atoms with Crippen LogP contribution in [0.2, 0.25) is 0 Å². The van der Waals surface area contributed by atoms with Crippen molar-refractivity contribution in [1.29, 1.82) is 0 Å². The van der Waals surface area contributed by atoms with Gasteiger partial charge in [-0.2, -0.15) is 0 Å². The molecule has 0 aliphatic heterocycles. The molecule has 0 spiro atoms. The van der Waals surface area contributed by atoms with Crippen LogP contribution in [0.1, 0.15) is 37.5 Å². The molecular weight excluding hydrogens is 210 g/mol. The number of nitrogens with one attached hydrogen (secondary N) is 1. The first-order valence-electron chi connectivity index (χ1n) is 6.34. The van der Waals surface area contributed by atoms with Gasteiger partial charge in [-0.15, -0.1) is 0 Å². The molecule has 2 N–H and O–H groups in total. The van der Waals surface area contributed by atoms with E-state index in [9.17, 15) is 5.11 Å². The van der Waals surface area contributed by atoms with Crippen LogP contribution in [0.5, 0.6) is 0 Å². The molecule has 0 amide bonds. The molecule has 1 atom stereocenters. The lowest BCUT2D eigenvalue weighted by atomic mass is 9.91. The van der Waals surface area contributed by atoms with Gasteiger partial charge >= 0.3 is 0 Å². The second kappa shape index (κ2) is 5.65. The van der Waals surface area contributed by atoms with E-state index in [0.29, 0.717) is 12.5 Å². The van der Waals surface area contributed by atoms with Crippen molar-refractivity contribution in [3.05, 3.63) is 34.9 Å². The Morgan fingerprint density at radius 3 is 2.47 bits per heavy atom. The maximum atomic E-state index is 10.5. The zero-order valence-corrected chi connectivity index (χ0v) is 11.7. The molecule has 0 aromatic heterocycles. The van der Waals surface area contributed by atoms with E-state index >= 15 is 0 Å². The normalized spacial score (nSPS) is 15.0. The van der Waals surface area contributed by atoms with Gasteiger partial charge in [0, 0.05) is 6.54 Å². The molecule has 1 aromatic rings. The van der Waals surface area contributed by atoms with E-state index in [1.165, 1.54) is 5.56 Å². The predicted molar refractivity (Wildman–Crippen MR) is 73.2 cm³/mol. The van der Waals surface area contributed by atoms with Crippen LogP contribution in [0.3, 0.4) is 0 Å². The lowest BCUT2D eigenvalue weighted by Crippen LogP contribution is -2.37. The van der Waals surface area contributed by atoms with Gasteiger partial charge in [0.25, 0.3) is 0 Å². The molecule has 0 heterocycles. The summed E-state index contributed by atoms with van der Waals surface area (Å²) in [6.45, 7) is 11.9. The highest BCUT2D eigenvalue weighted by atomic mass is 16.3. The summed E-state index contributed by atoms with van der Waals surface area (Å²) in [6.07, 6.45) is 0. The summed E-state index contributed by atoms with van der Waals surface area (Å²) in [7, 11) is 0. The highest BCUT2D eigenvalue weighted by Crippen LogP contribution is 2.24. The van der Waals surface area contributed by atoms with Crippen molar-refractivity contribution in [2.24, 2.45) is 5.92 Å². The second-order valence-electron chi connectivity index (χ2n) is 5.62. The highest BCUT2D eigenvalue weighted by molar-refractivity contribution is 5.34. The summed E-state index contributed by atoms with van der Waals surface area (Å²) in [6, 6.07) is 6.20. The smallest absolute Gasteiger partial charge is 0.0994 e. The number of rotatable bonds is 5. The van der Waals surface area contributed by atoms with E-state index in [2.05, 4.69) is 45.1 Å². The van der Waals surface area contributed by atoms with Crippen LogP contribution in [0.25, 0.3) is 0 Å². The van der Waals surface area contributed by atoms with Crippen molar-refractivity contribution in [2.45, 2.75) is 40.2 Å². The molecule has 0 aliphatic carbocycles. The number of hydrogen-bond acceptors (Lipinski definition) is 2. The Morgan fingerprint density at radius 2 is 1.94 bits per heavy atom. The van der Waals surface area contributed by atoms with Crippen molar-refractivity contribution in [3.63, 3.8) is 0 Å². The molecule has 2 nitrogen and oxygen atoms in total. The van der Waals surface area contributed by atoms with Crippen molar-refractivity contribution in [1.82, 2.24) is 5.32 Å². The minimum Gasteiger partial charge on any atom is -0.384 e. The van der Waals surface area contributed by atoms with Gasteiger partial charge in [0.15, 0.2) is 0 Å². The topological polar surface area (TPSA) is 32.3 Å². The summed E-state index contributed by atoms with van der Waals surface area (Å²) in [5.41, 5.74) is 2.60. The van der Waals surface area contributed by atoms with Gasteiger partial charge in [-0.25, -0.2) is 0 Å². The van der Waals surface area contributed by atoms with Crippen LogP contribution in [-0.2, 0) is 5.60 Å². The lowest BCUT2D eigenvalue weighted by Gasteiger charge is -2.27. The zero-order chi connectivity index (χ0) is 13.1. The van der Waals surface area contributed by atoms with E-state index in [-0.39, 0.29) is 0 Å². The highest BCUT2D eigenvalue weighted by Gasteiger charge is 2.24. The fraction of sp³-hybridized carbons (Fsp3) is 0.600. The van der Waals surface area contributed by atoms with Crippen LogP contribution < -0.4 is 5.32 Å². The quantitative estimate of drug-likeness (QED) is 0.822. The fourth-order valence-electron chi connectivity index (χ4n) is 2.12. The molecule has 0 aliphatic rings. The Kier molecular flexibility index (Phi) is 4.72. The lowest BCUT2D eigenvalue weighted by molar-refractivity contribution is 0.0558. The minimum atomic E-state index is -0.799. The average molecular weight is 235 g/mol. The van der Waals surface area contributed by atoms with E-state index < -0.39 is 5.60 Å². The van der Waals surface area contributed by atoms with E-state index in [1.54, 1.807) is 0 Å². The van der Waals surface area contributed by atoms with Gasteiger partial charge in [0.2, 0.25) is 0 Å². The molecule has 0 radical (unpaired) electrons. The fourth-order valence-corrected chi connectivity index (χ4v) is 2.12. The van der Waals surface area contributed by atoms with Gasteiger partial charge in [-0.1, -0.05) is 37.6 Å². The summed E-state index contributed by atoms with van der Waals surface area (Å²) < 4.78 is 0. The van der Waals surface area contributed by atoms with Crippen LogP contribution in [0.15, 0.2) is 18.2 Å². The molecule has 1 unspecified atom stereocenters. The molecule has 2 heteroatoms. The molecule has 1 aromatic carbocycles. The van der Waals surface area contributed by atoms with E-state index in [1.807, 2.05) is 13.0 Å². The summed E-state index contributed by atoms with van der Waals surface area (Å²) in [5, 5.41) is 13.8. The standard InChI is InChI=1S/C15H25NO/c1-11(2)9-16-10-15(5,17)14-7-6-12(3)8-13(14)4/h6-8,11,16-17H,9-10H2,1-5H3. The Labute approximate surface area is 105 Å². The Balaban J connectivity index is 2.74. The number of benzene rings is 1. The van der Waals surface area contributed by atoms with E-state index in [4.69, 9.17) is 0 Å². The van der Waals surface area contributed by atoms with Gasteiger partial charge < -0.3 is 10.4 Å². The maximum Gasteiger partial charge on any atom is 0.0994 e. The monoisotopic (exact) mass is 235 g/mol. The third-order valence-corrected chi connectivity index (χ3v) is 2.98. The summed E-state index contributed by atoms with van der Waals surface area (Å²) in [5.74, 6) is 0.602. The van der Waals surface area contributed by atoms with Crippen LogP contribution in [-0.4, -0.2) is 18.2 Å². The molecule has 0 saturated heterocycles. The first-order valence-corrected chi connectivity index (χ1v) is 6.34. The molecule has 96 valence electrons. The van der Waals surface area contributed by atoms with Crippen molar-refractivity contribution < 1.29 is 5.11 Å². The summed E-state index contributed by atoms with van der Waals surface area (Å²) >= 11 is 0. The molecule has 0 fully saturated rings. The van der Waals surface area contributed by atoms with E-state index in [0.717, 1.165) is 17.7 Å². The number of hydrogen-bond donors (Lipinski definition) is 2. The number of aryl methyl sites for hydroxylation is 2. The third kappa shape index (κ3) is 4.14. The van der Waals surface area contributed by atoms with Gasteiger partial charge in [-0.3, -0.25) is 0 Å². The van der Waals surface area contributed by atoms with Crippen molar-refractivity contribution >= 4 is 0 Å². The minimum absolute atomic E-state index is 0.592. The molecule has 1 rings (SSSR count). The largest absolute Gasteiger partial charge is 0.384 e. The van der Waals surface area contributed by atoms with Crippen molar-refractivity contribution in [2.75, 3.05) is 13.1 Å². The third-order valence-electron chi connectivity index (χ3n) is 2.98. The van der Waals surface area contributed by atoms with Crippen molar-refractivity contribution in [3.8, 4) is 0 Å². The van der Waals surface area contributed by atoms with Gasteiger partial charge in [0.05, 0.1) is 5.60 Å². The Morgan fingerprint density at radius 1 is 1.29 bits per heavy atom. The van der Waals surface area contributed by atoms with Crippen LogP contribution in [0, 0.1) is 19.8 Å². The molecule has 17 heavy (non-hydrogen) atoms. The van der Waals surface area contributed by atoms with Crippen LogP contribution in [0.4, 0.5) is 0 Å². The first kappa shape index (κ1) is 14.2. The Hall–Kier alpha value is -0.860. The molecule has 0 bridgehead atoms. The van der Waals surface area contributed by atoms with Crippen LogP contribution >= 0.6 is 0 Å². The molecule has 0 saturated carbocycles. The molecular formula is C15H25NO. The SMILES string of the molecule is Cc1ccc(C(C)(O)CNCC(C)C)c(C)c1. The average Bonchev–Trinajstić information content (AvgIpc) is 2.15.